The molecular formula is C14H17N3O. The van der Waals surface area contributed by atoms with E-state index in [1.165, 1.54) is 23.4 Å². The molecule has 94 valence electrons. The van der Waals surface area contributed by atoms with Crippen LogP contribution < -0.4 is 4.74 Å². The first-order valence-corrected chi connectivity index (χ1v) is 6.34. The molecule has 2 heterocycles. The van der Waals surface area contributed by atoms with E-state index in [0.29, 0.717) is 6.61 Å². The second-order valence-electron chi connectivity index (χ2n) is 4.72. The summed E-state index contributed by atoms with van der Waals surface area (Å²) in [4.78, 5) is 4.23. The standard InChI is InChI=1S/C14H17N3O/c1-10-14(7-4-8-15-10)18-9-13-11-5-3-6-12(11)16-17(13)2/h4,7-8H,3,5-6,9H2,1-2H3. The molecule has 3 rings (SSSR count). The number of hydrogen-bond donors (Lipinski definition) is 0. The third-order valence-electron chi connectivity index (χ3n) is 3.52. The highest BCUT2D eigenvalue weighted by Gasteiger charge is 2.21. The second-order valence-corrected chi connectivity index (χ2v) is 4.72. The minimum atomic E-state index is 0.575. The van der Waals surface area contributed by atoms with Gasteiger partial charge in [-0.2, -0.15) is 5.10 Å². The molecule has 0 fully saturated rings. The SMILES string of the molecule is Cc1ncccc1OCc1c2c(nn1C)CCC2. The summed E-state index contributed by atoms with van der Waals surface area (Å²) >= 11 is 0. The Morgan fingerprint density at radius 1 is 1.39 bits per heavy atom. The van der Waals surface area contributed by atoms with Crippen molar-refractivity contribution in [1.82, 2.24) is 14.8 Å². The van der Waals surface area contributed by atoms with E-state index < -0.39 is 0 Å². The van der Waals surface area contributed by atoms with Crippen molar-refractivity contribution in [3.8, 4) is 5.75 Å². The lowest BCUT2D eigenvalue weighted by molar-refractivity contribution is 0.290. The van der Waals surface area contributed by atoms with Crippen LogP contribution in [0.3, 0.4) is 0 Å². The molecule has 1 aliphatic carbocycles. The van der Waals surface area contributed by atoms with Gasteiger partial charge in [-0.3, -0.25) is 9.67 Å². The first-order chi connectivity index (χ1) is 8.75. The monoisotopic (exact) mass is 243 g/mol. The van der Waals surface area contributed by atoms with Crippen molar-refractivity contribution in [3.05, 3.63) is 41.0 Å². The van der Waals surface area contributed by atoms with E-state index in [-0.39, 0.29) is 0 Å². The summed E-state index contributed by atoms with van der Waals surface area (Å²) < 4.78 is 7.82. The predicted molar refractivity (Wildman–Crippen MR) is 68.5 cm³/mol. The lowest BCUT2D eigenvalue weighted by Crippen LogP contribution is -2.06. The Bertz CT molecular complexity index is 574. The van der Waals surface area contributed by atoms with Crippen LogP contribution in [-0.4, -0.2) is 14.8 Å². The Labute approximate surface area is 107 Å². The van der Waals surface area contributed by atoms with Crippen LogP contribution in [0.5, 0.6) is 5.75 Å². The minimum Gasteiger partial charge on any atom is -0.485 e. The number of fused-ring (bicyclic) bond motifs is 1. The van der Waals surface area contributed by atoms with Gasteiger partial charge >= 0.3 is 0 Å². The molecule has 0 aromatic carbocycles. The topological polar surface area (TPSA) is 39.9 Å². The molecule has 0 amide bonds. The Hall–Kier alpha value is -1.84. The van der Waals surface area contributed by atoms with Gasteiger partial charge in [0.05, 0.1) is 17.1 Å². The molecule has 0 saturated carbocycles. The van der Waals surface area contributed by atoms with Crippen molar-refractivity contribution in [1.29, 1.82) is 0 Å². The van der Waals surface area contributed by atoms with Gasteiger partial charge in [0.1, 0.15) is 12.4 Å². The lowest BCUT2D eigenvalue weighted by atomic mass is 10.2. The summed E-state index contributed by atoms with van der Waals surface area (Å²) in [5, 5.41) is 4.55. The molecule has 0 unspecified atom stereocenters. The Morgan fingerprint density at radius 3 is 3.11 bits per heavy atom. The summed E-state index contributed by atoms with van der Waals surface area (Å²) in [6, 6.07) is 3.86. The summed E-state index contributed by atoms with van der Waals surface area (Å²) in [6.45, 7) is 2.54. The van der Waals surface area contributed by atoms with Crippen molar-refractivity contribution >= 4 is 0 Å². The van der Waals surface area contributed by atoms with Crippen LogP contribution in [0.25, 0.3) is 0 Å². The van der Waals surface area contributed by atoms with Crippen LogP contribution >= 0.6 is 0 Å². The Kier molecular flexibility index (Phi) is 2.78. The zero-order chi connectivity index (χ0) is 12.5. The van der Waals surface area contributed by atoms with Gasteiger partial charge in [0.25, 0.3) is 0 Å². The number of nitrogens with zero attached hydrogens (tertiary/aromatic N) is 3. The molecule has 18 heavy (non-hydrogen) atoms. The van der Waals surface area contributed by atoms with E-state index in [9.17, 15) is 0 Å². The number of aryl methyl sites for hydroxylation is 3. The molecule has 0 aliphatic heterocycles. The highest BCUT2D eigenvalue weighted by atomic mass is 16.5. The number of ether oxygens (including phenoxy) is 1. The van der Waals surface area contributed by atoms with Gasteiger partial charge in [0, 0.05) is 18.8 Å². The van der Waals surface area contributed by atoms with Crippen LogP contribution in [0.1, 0.15) is 29.1 Å². The number of pyridine rings is 1. The highest BCUT2D eigenvalue weighted by Crippen LogP contribution is 2.25. The normalized spacial score (nSPS) is 13.7. The summed E-state index contributed by atoms with van der Waals surface area (Å²) in [6.07, 6.45) is 5.24. The van der Waals surface area contributed by atoms with E-state index >= 15 is 0 Å². The van der Waals surface area contributed by atoms with Gasteiger partial charge in [0.2, 0.25) is 0 Å². The maximum absolute atomic E-state index is 5.86. The first kappa shape index (κ1) is 11.3. The van der Waals surface area contributed by atoms with E-state index in [2.05, 4.69) is 10.1 Å². The fraction of sp³-hybridized carbons (Fsp3) is 0.429. The molecule has 4 heteroatoms. The van der Waals surface area contributed by atoms with Crippen LogP contribution in [0.15, 0.2) is 18.3 Å². The van der Waals surface area contributed by atoms with E-state index in [4.69, 9.17) is 4.74 Å². The van der Waals surface area contributed by atoms with Crippen molar-refractivity contribution in [2.24, 2.45) is 7.05 Å². The van der Waals surface area contributed by atoms with Gasteiger partial charge in [-0.15, -0.1) is 0 Å². The number of rotatable bonds is 3. The van der Waals surface area contributed by atoms with Gasteiger partial charge in [-0.05, 0) is 38.3 Å². The molecular weight excluding hydrogens is 226 g/mol. The van der Waals surface area contributed by atoms with Crippen LogP contribution in [0.2, 0.25) is 0 Å². The van der Waals surface area contributed by atoms with Crippen molar-refractivity contribution in [2.45, 2.75) is 32.8 Å². The average Bonchev–Trinajstić information content (AvgIpc) is 2.90. The third-order valence-corrected chi connectivity index (χ3v) is 3.52. The van der Waals surface area contributed by atoms with Crippen molar-refractivity contribution < 1.29 is 4.74 Å². The molecule has 0 radical (unpaired) electrons. The maximum Gasteiger partial charge on any atom is 0.141 e. The number of hydrogen-bond acceptors (Lipinski definition) is 3. The van der Waals surface area contributed by atoms with Crippen LogP contribution in [0, 0.1) is 6.92 Å². The molecule has 0 spiro atoms. The molecule has 2 aromatic heterocycles. The fourth-order valence-corrected chi connectivity index (χ4v) is 2.53. The van der Waals surface area contributed by atoms with Crippen LogP contribution in [0.4, 0.5) is 0 Å². The molecule has 0 atom stereocenters. The first-order valence-electron chi connectivity index (χ1n) is 6.34. The molecule has 0 N–H and O–H groups in total. The zero-order valence-corrected chi connectivity index (χ0v) is 10.8. The second kappa shape index (κ2) is 4.44. The van der Waals surface area contributed by atoms with Gasteiger partial charge in [0.15, 0.2) is 0 Å². The predicted octanol–water partition coefficient (Wildman–Crippen LogP) is 2.19. The minimum absolute atomic E-state index is 0.575. The Balaban J connectivity index is 1.80. The van der Waals surface area contributed by atoms with Gasteiger partial charge in [-0.25, -0.2) is 0 Å². The zero-order valence-electron chi connectivity index (χ0n) is 10.8. The van der Waals surface area contributed by atoms with E-state index in [0.717, 1.165) is 24.3 Å². The fourth-order valence-electron chi connectivity index (χ4n) is 2.53. The van der Waals surface area contributed by atoms with Crippen LogP contribution in [-0.2, 0) is 26.5 Å². The highest BCUT2D eigenvalue weighted by molar-refractivity contribution is 5.31. The summed E-state index contributed by atoms with van der Waals surface area (Å²) in [7, 11) is 1.99. The van der Waals surface area contributed by atoms with Gasteiger partial charge < -0.3 is 4.74 Å². The van der Waals surface area contributed by atoms with Gasteiger partial charge in [-0.1, -0.05) is 0 Å². The third kappa shape index (κ3) is 1.88. The molecule has 2 aromatic rings. The van der Waals surface area contributed by atoms with Crippen molar-refractivity contribution in [3.63, 3.8) is 0 Å². The van der Waals surface area contributed by atoms with Crippen molar-refractivity contribution in [2.75, 3.05) is 0 Å². The smallest absolute Gasteiger partial charge is 0.141 e. The molecule has 0 bridgehead atoms. The average molecular weight is 243 g/mol. The summed E-state index contributed by atoms with van der Waals surface area (Å²) in [5.41, 5.74) is 4.76. The lowest BCUT2D eigenvalue weighted by Gasteiger charge is -2.09. The molecule has 4 nitrogen and oxygen atoms in total. The maximum atomic E-state index is 5.86. The van der Waals surface area contributed by atoms with E-state index in [1.54, 1.807) is 6.20 Å². The quantitative estimate of drug-likeness (QED) is 0.829. The molecule has 1 aliphatic rings. The number of aromatic nitrogens is 3. The Morgan fingerprint density at radius 2 is 2.28 bits per heavy atom. The summed E-state index contributed by atoms with van der Waals surface area (Å²) in [5.74, 6) is 0.852. The molecule has 0 saturated heterocycles. The largest absolute Gasteiger partial charge is 0.485 e. The van der Waals surface area contributed by atoms with E-state index in [1.807, 2.05) is 30.8 Å².